The molecule has 0 unspecified atom stereocenters. The van der Waals surface area contributed by atoms with Crippen molar-refractivity contribution in [2.24, 2.45) is 5.73 Å². The number of nitrogens with one attached hydrogen (secondary N) is 3. The van der Waals surface area contributed by atoms with Crippen molar-refractivity contribution in [1.82, 2.24) is 20.5 Å². The average molecular weight is 803 g/mol. The van der Waals surface area contributed by atoms with Gasteiger partial charge < -0.3 is 31.2 Å². The third kappa shape index (κ3) is 10.7. The van der Waals surface area contributed by atoms with Crippen LogP contribution < -0.4 is 16.4 Å². The zero-order valence-corrected chi connectivity index (χ0v) is 32.3. The van der Waals surface area contributed by atoms with E-state index >= 15 is 0 Å². The summed E-state index contributed by atoms with van der Waals surface area (Å²) in [5.74, 6) is -6.08. The Bertz CT molecular complexity index is 2300. The molecule has 0 saturated carbocycles. The highest BCUT2D eigenvalue weighted by atomic mass is 35.5. The number of hydrogen-bond acceptors (Lipinski definition) is 8. The van der Waals surface area contributed by atoms with Gasteiger partial charge in [-0.2, -0.15) is 0 Å². The summed E-state index contributed by atoms with van der Waals surface area (Å²) in [6.45, 7) is 4.84. The lowest BCUT2D eigenvalue weighted by atomic mass is 10.0. The quantitative estimate of drug-likeness (QED) is 0.0988. The molecular formula is C41H41Cl2N5O8. The van der Waals surface area contributed by atoms with Gasteiger partial charge in [-0.15, -0.1) is 0 Å². The van der Waals surface area contributed by atoms with E-state index in [0.717, 1.165) is 16.3 Å². The van der Waals surface area contributed by atoms with E-state index in [4.69, 9.17) is 33.7 Å². The van der Waals surface area contributed by atoms with Gasteiger partial charge in [0.2, 0.25) is 11.8 Å². The minimum Gasteiger partial charge on any atom is -0.481 e. The molecule has 4 aromatic carbocycles. The molecule has 0 bridgehead atoms. The van der Waals surface area contributed by atoms with Crippen molar-refractivity contribution in [2.75, 3.05) is 0 Å². The zero-order valence-electron chi connectivity index (χ0n) is 30.8. The second-order valence-electron chi connectivity index (χ2n) is 14.2. The summed E-state index contributed by atoms with van der Waals surface area (Å²) in [5, 5.41) is 17.6. The number of aromatic nitrogens is 1. The Hall–Kier alpha value is -5.76. The van der Waals surface area contributed by atoms with E-state index in [1.54, 1.807) is 57.3 Å². The lowest BCUT2D eigenvalue weighted by Gasteiger charge is -2.29. The molecule has 0 aliphatic rings. The van der Waals surface area contributed by atoms with E-state index in [1.165, 1.54) is 18.2 Å². The van der Waals surface area contributed by atoms with E-state index in [-0.39, 0.29) is 33.4 Å². The second kappa shape index (κ2) is 17.8. The Morgan fingerprint density at radius 2 is 1.46 bits per heavy atom. The molecule has 0 aliphatic carbocycles. The van der Waals surface area contributed by atoms with Crippen molar-refractivity contribution >= 4 is 80.6 Å². The van der Waals surface area contributed by atoms with Gasteiger partial charge in [0, 0.05) is 23.5 Å². The first-order valence-electron chi connectivity index (χ1n) is 17.6. The largest absolute Gasteiger partial charge is 0.481 e. The lowest BCUT2D eigenvalue weighted by molar-refractivity contribution is -0.158. The number of nitrogens with zero attached hydrogens (tertiary/aromatic N) is 1. The zero-order chi connectivity index (χ0) is 40.7. The number of carbonyl (C=O) groups excluding carboxylic acids is 5. The highest BCUT2D eigenvalue weighted by Crippen LogP contribution is 2.25. The summed E-state index contributed by atoms with van der Waals surface area (Å²) < 4.78 is 5.42. The van der Waals surface area contributed by atoms with Crippen LogP contribution in [-0.4, -0.2) is 74.4 Å². The van der Waals surface area contributed by atoms with Crippen molar-refractivity contribution in [3.05, 3.63) is 118 Å². The number of carbonyl (C=O) groups is 6. The van der Waals surface area contributed by atoms with E-state index in [9.17, 15) is 33.9 Å². The summed E-state index contributed by atoms with van der Waals surface area (Å²) in [6.07, 6.45) is -1.18. The van der Waals surface area contributed by atoms with Crippen LogP contribution in [0.1, 0.15) is 43.9 Å². The van der Waals surface area contributed by atoms with Gasteiger partial charge in [0.15, 0.2) is 0 Å². The Balaban J connectivity index is 1.49. The number of ether oxygens (including phenoxy) is 1. The fraction of sp³-hybridized carbons (Fsp3) is 0.268. The Kier molecular flexibility index (Phi) is 13.2. The first kappa shape index (κ1) is 41.4. The van der Waals surface area contributed by atoms with Crippen LogP contribution in [0.4, 0.5) is 4.79 Å². The number of carboxylic acids is 1. The number of imide groups is 3. The van der Waals surface area contributed by atoms with Crippen molar-refractivity contribution in [2.45, 2.75) is 70.2 Å². The Labute approximate surface area is 332 Å². The number of H-pyrrole nitrogens is 1. The molecule has 0 spiro atoms. The topological polar surface area (TPSA) is 201 Å². The van der Waals surface area contributed by atoms with Crippen LogP contribution >= 0.6 is 23.2 Å². The number of amides is 5. The van der Waals surface area contributed by atoms with Crippen molar-refractivity contribution in [1.29, 1.82) is 0 Å². The molecule has 13 nitrogen and oxygen atoms in total. The molecule has 0 saturated heterocycles. The summed E-state index contributed by atoms with van der Waals surface area (Å²) in [5.41, 5.74) is 7.52. The molecule has 56 heavy (non-hydrogen) atoms. The Morgan fingerprint density at radius 3 is 2.16 bits per heavy atom. The molecule has 1 aromatic heterocycles. The lowest BCUT2D eigenvalue weighted by Crippen LogP contribution is -2.60. The molecule has 3 atom stereocenters. The number of alkyl carbamates (subject to hydrolysis) is 1. The van der Waals surface area contributed by atoms with Crippen LogP contribution in [0.3, 0.4) is 0 Å². The van der Waals surface area contributed by atoms with Crippen LogP contribution in [0.5, 0.6) is 0 Å². The molecule has 5 amide bonds. The maximum Gasteiger partial charge on any atom is 0.408 e. The van der Waals surface area contributed by atoms with E-state index in [1.807, 2.05) is 36.4 Å². The van der Waals surface area contributed by atoms with Crippen LogP contribution in [0.2, 0.25) is 10.0 Å². The van der Waals surface area contributed by atoms with Gasteiger partial charge in [-0.25, -0.2) is 9.69 Å². The fourth-order valence-corrected chi connectivity index (χ4v) is 6.43. The molecule has 6 N–H and O–H groups in total. The normalized spacial score (nSPS) is 13.0. The van der Waals surface area contributed by atoms with Crippen molar-refractivity contribution < 1.29 is 38.6 Å². The number of halogens is 2. The smallest absolute Gasteiger partial charge is 0.408 e. The predicted molar refractivity (Wildman–Crippen MR) is 212 cm³/mol. The number of carboxylic acid groups (broad SMARTS) is 1. The molecule has 5 rings (SSSR count). The van der Waals surface area contributed by atoms with Gasteiger partial charge in [0.1, 0.15) is 17.7 Å². The number of nitrogens with two attached hydrogens (primary N) is 1. The summed E-state index contributed by atoms with van der Waals surface area (Å²) in [4.78, 5) is 85.3. The second-order valence-corrected chi connectivity index (χ2v) is 15.1. The third-order valence-corrected chi connectivity index (χ3v) is 9.46. The van der Waals surface area contributed by atoms with Gasteiger partial charge in [-0.1, -0.05) is 89.9 Å². The van der Waals surface area contributed by atoms with E-state index < -0.39 is 72.3 Å². The van der Waals surface area contributed by atoms with E-state index in [0.29, 0.717) is 16.5 Å². The van der Waals surface area contributed by atoms with Crippen LogP contribution in [-0.2, 0) is 48.0 Å². The fourth-order valence-electron chi connectivity index (χ4n) is 6.11. The van der Waals surface area contributed by atoms with Crippen molar-refractivity contribution in [3.63, 3.8) is 0 Å². The van der Waals surface area contributed by atoms with Gasteiger partial charge in [-0.3, -0.25) is 24.0 Å². The van der Waals surface area contributed by atoms with Gasteiger partial charge in [0.25, 0.3) is 11.8 Å². The number of para-hydroxylation sites is 1. The number of benzene rings is 4. The number of aliphatic carboxylic acids is 1. The number of fused-ring (bicyclic) bond motifs is 2. The first-order valence-corrected chi connectivity index (χ1v) is 18.4. The molecular weight excluding hydrogens is 761 g/mol. The molecule has 292 valence electrons. The molecule has 15 heteroatoms. The molecule has 0 fully saturated rings. The highest BCUT2D eigenvalue weighted by molar-refractivity contribution is 6.42. The average Bonchev–Trinajstić information content (AvgIpc) is 3.54. The standard InChI is InChI=1S/C41H41Cl2N5O8/c1-41(2,3)56-40(55)47-33(20-27-22-45-32-11-7-6-10-28(27)32)38(53)48(35(49)19-24-13-15-29(42)30(43)17-24)39(54)34(21-36(50)51)46-37(52)31(44)18-23-12-14-25-8-4-5-9-26(25)16-23/h4-17,22,31,33-34,45H,18-21,44H2,1-3H3,(H,46,52)(H,47,55)(H,50,51)/t31-,33-,34-/m0/s1. The van der Waals surface area contributed by atoms with Gasteiger partial charge >= 0.3 is 12.1 Å². The number of hydrogen-bond donors (Lipinski definition) is 5. The molecule has 5 aromatic rings. The summed E-state index contributed by atoms with van der Waals surface area (Å²) in [6, 6.07) is 19.8. The van der Waals surface area contributed by atoms with Crippen molar-refractivity contribution in [3.8, 4) is 0 Å². The molecule has 0 radical (unpaired) electrons. The van der Waals surface area contributed by atoms with Gasteiger partial charge in [0.05, 0.1) is 28.9 Å². The highest BCUT2D eigenvalue weighted by Gasteiger charge is 2.40. The molecule has 1 heterocycles. The monoisotopic (exact) mass is 801 g/mol. The molecule has 0 aliphatic heterocycles. The Morgan fingerprint density at radius 1 is 0.804 bits per heavy atom. The van der Waals surface area contributed by atoms with Crippen LogP contribution in [0, 0.1) is 0 Å². The maximum absolute atomic E-state index is 14.6. The number of rotatable bonds is 13. The number of aromatic amines is 1. The van der Waals surface area contributed by atoms with Crippen LogP contribution in [0.15, 0.2) is 91.1 Å². The third-order valence-electron chi connectivity index (χ3n) is 8.72. The first-order chi connectivity index (χ1) is 26.5. The minimum atomic E-state index is -1.93. The predicted octanol–water partition coefficient (Wildman–Crippen LogP) is 5.72. The van der Waals surface area contributed by atoms with E-state index in [2.05, 4.69) is 15.6 Å². The SMILES string of the molecule is CC(C)(C)OC(=O)N[C@@H](Cc1c[nH]c2ccccc12)C(=O)N(C(=O)Cc1ccc(Cl)c(Cl)c1)C(=O)[C@H](CC(=O)O)NC(=O)[C@@H](N)Cc1ccc2ccccc2c1. The van der Waals surface area contributed by atoms with Gasteiger partial charge in [-0.05, 0) is 72.9 Å². The maximum atomic E-state index is 14.6. The summed E-state index contributed by atoms with van der Waals surface area (Å²) >= 11 is 12.3. The summed E-state index contributed by atoms with van der Waals surface area (Å²) in [7, 11) is 0. The van der Waals surface area contributed by atoms with Crippen LogP contribution in [0.25, 0.3) is 21.7 Å². The minimum absolute atomic E-state index is 0.0239.